The Bertz CT molecular complexity index is 529. The molecular formula is C13H21N5. The van der Waals surface area contributed by atoms with Gasteiger partial charge in [0.15, 0.2) is 5.65 Å². The van der Waals surface area contributed by atoms with Gasteiger partial charge >= 0.3 is 0 Å². The van der Waals surface area contributed by atoms with Crippen LogP contribution in [0.15, 0.2) is 18.3 Å². The minimum atomic E-state index is 0.278. The molecule has 1 atom stereocenters. The summed E-state index contributed by atoms with van der Waals surface area (Å²) in [6.07, 6.45) is 1.78. The number of rotatable bonds is 4. The fourth-order valence-corrected chi connectivity index (χ4v) is 2.24. The zero-order chi connectivity index (χ0) is 13.3. The van der Waals surface area contributed by atoms with Crippen LogP contribution in [0.2, 0.25) is 0 Å². The maximum absolute atomic E-state index is 6.06. The summed E-state index contributed by atoms with van der Waals surface area (Å²) < 4.78 is 2.06. The molecule has 0 aliphatic rings. The molecule has 0 aliphatic carbocycles. The van der Waals surface area contributed by atoms with Crippen LogP contribution in [0.3, 0.4) is 0 Å². The minimum Gasteiger partial charge on any atom is -0.369 e. The SMILES string of the molecule is CC(C)C(CN(C)C)n1c(N)nc2cccnc21. The van der Waals surface area contributed by atoms with Crippen molar-refractivity contribution in [2.24, 2.45) is 5.92 Å². The average molecular weight is 247 g/mol. The summed E-state index contributed by atoms with van der Waals surface area (Å²) in [6.45, 7) is 5.31. The fourth-order valence-electron chi connectivity index (χ4n) is 2.24. The predicted octanol–water partition coefficient (Wildman–Crippen LogP) is 1.77. The molecule has 2 rings (SSSR count). The number of nitrogen functional groups attached to an aromatic ring is 1. The number of fused-ring (bicyclic) bond motifs is 1. The van der Waals surface area contributed by atoms with E-state index < -0.39 is 0 Å². The molecular weight excluding hydrogens is 226 g/mol. The minimum absolute atomic E-state index is 0.278. The highest BCUT2D eigenvalue weighted by molar-refractivity contribution is 5.74. The number of imidazole rings is 1. The van der Waals surface area contributed by atoms with Crippen molar-refractivity contribution >= 4 is 17.1 Å². The van der Waals surface area contributed by atoms with Crippen molar-refractivity contribution in [1.29, 1.82) is 0 Å². The number of likely N-dealkylation sites (N-methyl/N-ethyl adjacent to an activating group) is 1. The highest BCUT2D eigenvalue weighted by atomic mass is 15.2. The third kappa shape index (κ3) is 2.31. The number of nitrogens with two attached hydrogens (primary N) is 1. The summed E-state index contributed by atoms with van der Waals surface area (Å²) in [6, 6.07) is 4.11. The maximum Gasteiger partial charge on any atom is 0.202 e. The van der Waals surface area contributed by atoms with Crippen molar-refractivity contribution < 1.29 is 0 Å². The zero-order valence-electron chi connectivity index (χ0n) is 11.5. The van der Waals surface area contributed by atoms with E-state index in [1.807, 2.05) is 12.1 Å². The topological polar surface area (TPSA) is 60.0 Å². The predicted molar refractivity (Wildman–Crippen MR) is 74.4 cm³/mol. The molecule has 0 saturated carbocycles. The smallest absolute Gasteiger partial charge is 0.202 e. The van der Waals surface area contributed by atoms with E-state index in [4.69, 9.17) is 5.73 Å². The van der Waals surface area contributed by atoms with Gasteiger partial charge in [0.25, 0.3) is 0 Å². The molecule has 0 aliphatic heterocycles. The average Bonchev–Trinajstić information content (AvgIpc) is 2.61. The van der Waals surface area contributed by atoms with Gasteiger partial charge in [-0.25, -0.2) is 9.97 Å². The molecule has 0 aromatic carbocycles. The Hall–Kier alpha value is -1.62. The first kappa shape index (κ1) is 12.8. The first-order valence-corrected chi connectivity index (χ1v) is 6.24. The first-order valence-electron chi connectivity index (χ1n) is 6.24. The Kier molecular flexibility index (Phi) is 3.52. The number of hydrogen-bond donors (Lipinski definition) is 1. The monoisotopic (exact) mass is 247 g/mol. The van der Waals surface area contributed by atoms with E-state index in [0.29, 0.717) is 11.9 Å². The Labute approximate surface area is 108 Å². The van der Waals surface area contributed by atoms with Crippen LogP contribution >= 0.6 is 0 Å². The zero-order valence-corrected chi connectivity index (χ0v) is 11.5. The summed E-state index contributed by atoms with van der Waals surface area (Å²) >= 11 is 0. The second kappa shape index (κ2) is 4.94. The van der Waals surface area contributed by atoms with Crippen molar-refractivity contribution in [3.63, 3.8) is 0 Å². The van der Waals surface area contributed by atoms with Crippen molar-refractivity contribution in [1.82, 2.24) is 19.4 Å². The van der Waals surface area contributed by atoms with Gasteiger partial charge in [-0.2, -0.15) is 0 Å². The molecule has 0 spiro atoms. The van der Waals surface area contributed by atoms with Crippen molar-refractivity contribution in [2.45, 2.75) is 19.9 Å². The van der Waals surface area contributed by atoms with E-state index in [2.05, 4.69) is 47.4 Å². The largest absolute Gasteiger partial charge is 0.369 e. The van der Waals surface area contributed by atoms with Crippen molar-refractivity contribution in [2.75, 3.05) is 26.4 Å². The van der Waals surface area contributed by atoms with Gasteiger partial charge in [-0.15, -0.1) is 0 Å². The molecule has 18 heavy (non-hydrogen) atoms. The van der Waals surface area contributed by atoms with Crippen LogP contribution in [0.25, 0.3) is 11.2 Å². The van der Waals surface area contributed by atoms with Gasteiger partial charge in [0.1, 0.15) is 5.52 Å². The van der Waals surface area contributed by atoms with E-state index in [1.54, 1.807) is 6.20 Å². The molecule has 0 amide bonds. The lowest BCUT2D eigenvalue weighted by Gasteiger charge is -2.26. The van der Waals surface area contributed by atoms with E-state index in [-0.39, 0.29) is 6.04 Å². The van der Waals surface area contributed by atoms with E-state index in [1.165, 1.54) is 0 Å². The van der Waals surface area contributed by atoms with Gasteiger partial charge in [0, 0.05) is 12.7 Å². The third-order valence-electron chi connectivity index (χ3n) is 3.13. The summed E-state index contributed by atoms with van der Waals surface area (Å²) in [5.41, 5.74) is 7.79. The molecule has 2 aromatic heterocycles. The van der Waals surface area contributed by atoms with Crippen LogP contribution in [0.4, 0.5) is 5.95 Å². The number of pyridine rings is 1. The molecule has 2 N–H and O–H groups in total. The van der Waals surface area contributed by atoms with E-state index in [9.17, 15) is 0 Å². The summed E-state index contributed by atoms with van der Waals surface area (Å²) in [7, 11) is 4.14. The number of aromatic nitrogens is 3. The van der Waals surface area contributed by atoms with Crippen LogP contribution in [0.5, 0.6) is 0 Å². The third-order valence-corrected chi connectivity index (χ3v) is 3.13. The number of anilines is 1. The van der Waals surface area contributed by atoms with Gasteiger partial charge in [-0.05, 0) is 32.1 Å². The molecule has 0 fully saturated rings. The quantitative estimate of drug-likeness (QED) is 0.894. The summed E-state index contributed by atoms with van der Waals surface area (Å²) in [4.78, 5) is 11.0. The van der Waals surface area contributed by atoms with Gasteiger partial charge < -0.3 is 10.6 Å². The van der Waals surface area contributed by atoms with Gasteiger partial charge in [0.2, 0.25) is 5.95 Å². The second-order valence-electron chi connectivity index (χ2n) is 5.26. The van der Waals surface area contributed by atoms with E-state index in [0.717, 1.165) is 17.7 Å². The molecule has 0 radical (unpaired) electrons. The second-order valence-corrected chi connectivity index (χ2v) is 5.26. The Morgan fingerprint density at radius 2 is 2.11 bits per heavy atom. The van der Waals surface area contributed by atoms with Crippen molar-refractivity contribution in [3.8, 4) is 0 Å². The lowest BCUT2D eigenvalue weighted by Crippen LogP contribution is -2.29. The Morgan fingerprint density at radius 3 is 2.72 bits per heavy atom. The van der Waals surface area contributed by atoms with Crippen molar-refractivity contribution in [3.05, 3.63) is 18.3 Å². The highest BCUT2D eigenvalue weighted by Crippen LogP contribution is 2.26. The highest BCUT2D eigenvalue weighted by Gasteiger charge is 2.22. The molecule has 5 heteroatoms. The number of hydrogen-bond acceptors (Lipinski definition) is 4. The molecule has 5 nitrogen and oxygen atoms in total. The first-order chi connectivity index (χ1) is 8.50. The molecule has 1 unspecified atom stereocenters. The normalized spacial score (nSPS) is 13.7. The standard InChI is InChI=1S/C13H21N5/c1-9(2)11(8-17(3)4)18-12-10(16-13(18)14)6-5-7-15-12/h5-7,9,11H,8H2,1-4H3,(H2,14,16). The Morgan fingerprint density at radius 1 is 1.39 bits per heavy atom. The van der Waals surface area contributed by atoms with Gasteiger partial charge in [-0.3, -0.25) is 4.57 Å². The molecule has 98 valence electrons. The van der Waals surface area contributed by atoms with E-state index >= 15 is 0 Å². The Balaban J connectivity index is 2.52. The molecule has 2 aromatic rings. The molecule has 0 saturated heterocycles. The lowest BCUT2D eigenvalue weighted by atomic mass is 10.0. The van der Waals surface area contributed by atoms with Gasteiger partial charge in [-0.1, -0.05) is 13.8 Å². The van der Waals surface area contributed by atoms with Gasteiger partial charge in [0.05, 0.1) is 6.04 Å². The summed E-state index contributed by atoms with van der Waals surface area (Å²) in [5.74, 6) is 1.01. The van der Waals surface area contributed by atoms with Crippen LogP contribution in [-0.2, 0) is 0 Å². The molecule has 2 heterocycles. The van der Waals surface area contributed by atoms with Crippen LogP contribution in [0.1, 0.15) is 19.9 Å². The van der Waals surface area contributed by atoms with Crippen LogP contribution < -0.4 is 5.73 Å². The maximum atomic E-state index is 6.06. The number of nitrogens with zero attached hydrogens (tertiary/aromatic N) is 4. The fraction of sp³-hybridized carbons (Fsp3) is 0.538. The van der Waals surface area contributed by atoms with Crippen LogP contribution in [-0.4, -0.2) is 40.1 Å². The van der Waals surface area contributed by atoms with Crippen LogP contribution in [0, 0.1) is 5.92 Å². The molecule has 0 bridgehead atoms. The summed E-state index contributed by atoms with van der Waals surface area (Å²) in [5, 5.41) is 0. The lowest BCUT2D eigenvalue weighted by molar-refractivity contribution is 0.275.